The van der Waals surface area contributed by atoms with E-state index in [-0.39, 0.29) is 0 Å². The highest BCUT2D eigenvalue weighted by Crippen LogP contribution is 2.16. The molecular formula is C16H14N3O2+. The molecule has 1 heterocycles. The van der Waals surface area contributed by atoms with Gasteiger partial charge in [-0.25, -0.2) is 9.59 Å². The molecule has 5 heteroatoms. The van der Waals surface area contributed by atoms with Crippen molar-refractivity contribution in [3.63, 3.8) is 0 Å². The zero-order valence-corrected chi connectivity index (χ0v) is 11.5. The van der Waals surface area contributed by atoms with E-state index in [9.17, 15) is 9.59 Å². The van der Waals surface area contributed by atoms with Crippen molar-refractivity contribution < 1.29 is 4.57 Å². The number of aromatic amines is 1. The van der Waals surface area contributed by atoms with Crippen LogP contribution in [0.5, 0.6) is 0 Å². The fraction of sp³-hybridized carbons (Fsp3) is 0.0625. The van der Waals surface area contributed by atoms with Gasteiger partial charge in [0.05, 0.1) is 7.05 Å². The molecule has 0 bridgehead atoms. The van der Waals surface area contributed by atoms with E-state index in [0.717, 1.165) is 5.56 Å². The molecule has 0 aliphatic carbocycles. The van der Waals surface area contributed by atoms with Gasteiger partial charge in [0.1, 0.15) is 5.69 Å². The van der Waals surface area contributed by atoms with Crippen LogP contribution in [0.3, 0.4) is 0 Å². The van der Waals surface area contributed by atoms with Crippen molar-refractivity contribution in [2.24, 2.45) is 7.05 Å². The Kier molecular flexibility index (Phi) is 3.23. The van der Waals surface area contributed by atoms with Gasteiger partial charge < -0.3 is 0 Å². The molecule has 0 atom stereocenters. The lowest BCUT2D eigenvalue weighted by atomic mass is 10.2. The van der Waals surface area contributed by atoms with Crippen LogP contribution in [0.4, 0.5) is 0 Å². The van der Waals surface area contributed by atoms with E-state index in [0.29, 0.717) is 11.5 Å². The molecule has 2 aromatic carbocycles. The summed E-state index contributed by atoms with van der Waals surface area (Å²) >= 11 is 0. The summed E-state index contributed by atoms with van der Waals surface area (Å²) in [5.74, 6) is 0.538. The van der Waals surface area contributed by atoms with Gasteiger partial charge in [-0.1, -0.05) is 36.4 Å². The third-order valence-electron chi connectivity index (χ3n) is 3.30. The molecule has 0 saturated heterocycles. The third-order valence-corrected chi connectivity index (χ3v) is 3.30. The summed E-state index contributed by atoms with van der Waals surface area (Å²) in [4.78, 5) is 26.5. The van der Waals surface area contributed by atoms with E-state index in [1.807, 2.05) is 60.7 Å². The maximum Gasteiger partial charge on any atom is 0.451 e. The summed E-state index contributed by atoms with van der Waals surface area (Å²) in [6.07, 6.45) is 0. The number of hydrogen-bond acceptors (Lipinski definition) is 2. The summed E-state index contributed by atoms with van der Waals surface area (Å²) in [7, 11) is 1.64. The topological polar surface area (TPSA) is 58.7 Å². The van der Waals surface area contributed by atoms with Gasteiger partial charge >= 0.3 is 11.4 Å². The molecule has 104 valence electrons. The summed E-state index contributed by atoms with van der Waals surface area (Å²) in [6.45, 7) is 0. The van der Waals surface area contributed by atoms with Gasteiger partial charge in [0.25, 0.3) is 0 Å². The van der Waals surface area contributed by atoms with Gasteiger partial charge in [0.15, 0.2) is 0 Å². The second-order valence-corrected chi connectivity index (χ2v) is 4.65. The van der Waals surface area contributed by atoms with Gasteiger partial charge in [-0.15, -0.1) is 0 Å². The van der Waals surface area contributed by atoms with Crippen LogP contribution < -0.4 is 15.9 Å². The van der Waals surface area contributed by atoms with E-state index in [1.54, 1.807) is 7.05 Å². The number of H-pyrrole nitrogens is 1. The van der Waals surface area contributed by atoms with Crippen molar-refractivity contribution >= 4 is 0 Å². The fourth-order valence-electron chi connectivity index (χ4n) is 2.30. The second kappa shape index (κ2) is 5.20. The number of para-hydroxylation sites is 1. The van der Waals surface area contributed by atoms with E-state index in [2.05, 4.69) is 4.98 Å². The molecule has 0 saturated carbocycles. The highest BCUT2D eigenvalue weighted by atomic mass is 16.2. The minimum Gasteiger partial charge on any atom is -0.212 e. The van der Waals surface area contributed by atoms with E-state index in [4.69, 9.17) is 0 Å². The molecule has 0 aliphatic heterocycles. The second-order valence-electron chi connectivity index (χ2n) is 4.65. The first-order valence-electron chi connectivity index (χ1n) is 6.54. The van der Waals surface area contributed by atoms with Gasteiger partial charge in [0, 0.05) is 5.56 Å². The van der Waals surface area contributed by atoms with Crippen molar-refractivity contribution in [3.8, 4) is 17.1 Å². The number of hydrogen-bond donors (Lipinski definition) is 1. The zero-order chi connectivity index (χ0) is 14.8. The Hall–Kier alpha value is -2.95. The summed E-state index contributed by atoms with van der Waals surface area (Å²) in [5.41, 5.74) is 0.606. The first-order valence-corrected chi connectivity index (χ1v) is 6.54. The van der Waals surface area contributed by atoms with Crippen molar-refractivity contribution in [3.05, 3.63) is 81.6 Å². The predicted molar refractivity (Wildman–Crippen MR) is 79.3 cm³/mol. The first kappa shape index (κ1) is 13.1. The molecule has 3 rings (SSSR count). The van der Waals surface area contributed by atoms with Crippen LogP contribution >= 0.6 is 0 Å². The standard InChI is InChI=1S/C16H13N3O2/c1-18-14(12-8-4-2-5-9-12)19(16(21)17-15(18)20)13-10-6-3-7-11-13/h2-11H,1H3/p+1. The van der Waals surface area contributed by atoms with Gasteiger partial charge in [-0.2, -0.15) is 14.1 Å². The molecule has 0 spiro atoms. The van der Waals surface area contributed by atoms with Crippen LogP contribution in [0.15, 0.2) is 70.3 Å². The smallest absolute Gasteiger partial charge is 0.212 e. The molecule has 5 nitrogen and oxygen atoms in total. The van der Waals surface area contributed by atoms with Crippen LogP contribution in [0.25, 0.3) is 17.1 Å². The Morgan fingerprint density at radius 3 is 2.10 bits per heavy atom. The highest BCUT2D eigenvalue weighted by molar-refractivity contribution is 5.55. The molecule has 1 N–H and O–H groups in total. The van der Waals surface area contributed by atoms with Crippen molar-refractivity contribution in [2.75, 3.05) is 0 Å². The lowest BCUT2D eigenvalue weighted by Crippen LogP contribution is -2.55. The van der Waals surface area contributed by atoms with Gasteiger partial charge in [-0.05, 0) is 24.3 Å². The van der Waals surface area contributed by atoms with Crippen LogP contribution in [0.2, 0.25) is 0 Å². The van der Waals surface area contributed by atoms with Crippen molar-refractivity contribution in [1.29, 1.82) is 0 Å². The Balaban J connectivity index is 2.43. The lowest BCUT2D eigenvalue weighted by molar-refractivity contribution is -0.682. The monoisotopic (exact) mass is 280 g/mol. The van der Waals surface area contributed by atoms with E-state index in [1.165, 1.54) is 9.13 Å². The molecule has 0 aliphatic rings. The van der Waals surface area contributed by atoms with Crippen LogP contribution in [-0.2, 0) is 7.05 Å². The van der Waals surface area contributed by atoms with Gasteiger partial charge in [0.2, 0.25) is 5.82 Å². The normalized spacial score (nSPS) is 10.5. The number of nitrogens with one attached hydrogen (secondary N) is 1. The molecular weight excluding hydrogens is 266 g/mol. The third kappa shape index (κ3) is 2.29. The quantitative estimate of drug-likeness (QED) is 0.712. The average Bonchev–Trinajstić information content (AvgIpc) is 2.52. The molecule has 21 heavy (non-hydrogen) atoms. The van der Waals surface area contributed by atoms with Crippen LogP contribution in [0, 0.1) is 0 Å². The lowest BCUT2D eigenvalue weighted by Gasteiger charge is -2.08. The largest absolute Gasteiger partial charge is 0.451 e. The molecule has 1 aromatic heterocycles. The van der Waals surface area contributed by atoms with Crippen LogP contribution in [0.1, 0.15) is 0 Å². The Bertz CT molecular complexity index is 881. The maximum atomic E-state index is 12.3. The van der Waals surface area contributed by atoms with Crippen molar-refractivity contribution in [1.82, 2.24) is 9.55 Å². The predicted octanol–water partition coefficient (Wildman–Crippen LogP) is 1.02. The van der Waals surface area contributed by atoms with Gasteiger partial charge in [-0.3, -0.25) is 0 Å². The molecule has 0 fully saturated rings. The number of rotatable bonds is 2. The van der Waals surface area contributed by atoms with E-state index < -0.39 is 11.4 Å². The Labute approximate surface area is 120 Å². The molecule has 0 unspecified atom stereocenters. The number of nitrogens with zero attached hydrogens (tertiary/aromatic N) is 2. The number of aromatic nitrogens is 3. The molecule has 0 radical (unpaired) electrons. The minimum absolute atomic E-state index is 0.439. The van der Waals surface area contributed by atoms with Crippen LogP contribution in [-0.4, -0.2) is 9.55 Å². The highest BCUT2D eigenvalue weighted by Gasteiger charge is 2.21. The first-order chi connectivity index (χ1) is 10.2. The zero-order valence-electron chi connectivity index (χ0n) is 11.5. The Morgan fingerprint density at radius 2 is 1.48 bits per heavy atom. The average molecular weight is 280 g/mol. The van der Waals surface area contributed by atoms with Crippen molar-refractivity contribution in [2.45, 2.75) is 0 Å². The molecule has 3 aromatic rings. The fourth-order valence-corrected chi connectivity index (χ4v) is 2.30. The summed E-state index contributed by atoms with van der Waals surface area (Å²) < 4.78 is 2.93. The number of benzene rings is 2. The summed E-state index contributed by atoms with van der Waals surface area (Å²) in [5, 5.41) is 0. The molecule has 0 amide bonds. The minimum atomic E-state index is -0.455. The Morgan fingerprint density at radius 1 is 0.905 bits per heavy atom. The summed E-state index contributed by atoms with van der Waals surface area (Å²) in [6, 6.07) is 18.6. The SMILES string of the molecule is C[n+]1c(-c2ccccc2)n(-c2ccccc2)c(=O)[nH]c1=O. The van der Waals surface area contributed by atoms with E-state index >= 15 is 0 Å². The maximum absolute atomic E-state index is 12.3.